The minimum absolute atomic E-state index is 0.0369. The lowest BCUT2D eigenvalue weighted by Gasteiger charge is -2.08. The summed E-state index contributed by atoms with van der Waals surface area (Å²) in [5.41, 5.74) is -0.872. The van der Waals surface area contributed by atoms with Crippen LogP contribution >= 0.6 is 0 Å². The molecule has 0 radical (unpaired) electrons. The van der Waals surface area contributed by atoms with Gasteiger partial charge in [-0.25, -0.2) is 9.67 Å². The van der Waals surface area contributed by atoms with Gasteiger partial charge in [0.2, 0.25) is 0 Å². The Kier molecular flexibility index (Phi) is 2.14. The van der Waals surface area contributed by atoms with Gasteiger partial charge in [0.25, 0.3) is 0 Å². The van der Waals surface area contributed by atoms with Crippen LogP contribution < -0.4 is 0 Å². The highest BCUT2D eigenvalue weighted by atomic mass is 19.4. The first-order valence-corrected chi connectivity index (χ1v) is 3.96. The number of alkyl halides is 3. The molecule has 15 heavy (non-hydrogen) atoms. The van der Waals surface area contributed by atoms with Crippen molar-refractivity contribution in [2.45, 2.75) is 6.18 Å². The molecule has 2 rings (SSSR count). The average Bonchev–Trinajstić information content (AvgIpc) is 2.67. The topological polar surface area (TPSA) is 43.6 Å². The molecule has 0 aliphatic carbocycles. The fourth-order valence-corrected chi connectivity index (χ4v) is 1.10. The maximum atomic E-state index is 12.5. The predicted molar refractivity (Wildman–Crippen MR) is 44.2 cm³/mol. The van der Waals surface area contributed by atoms with Gasteiger partial charge >= 0.3 is 6.18 Å². The number of rotatable bonds is 1. The molecular formula is C8H5F3N4. The molecule has 0 fully saturated rings. The van der Waals surface area contributed by atoms with Crippen LogP contribution in [-0.2, 0) is 6.18 Å². The van der Waals surface area contributed by atoms with Crippen LogP contribution in [0.5, 0.6) is 0 Å². The quantitative estimate of drug-likeness (QED) is 0.725. The second-order valence-electron chi connectivity index (χ2n) is 2.69. The van der Waals surface area contributed by atoms with Crippen LogP contribution in [0.3, 0.4) is 0 Å². The summed E-state index contributed by atoms with van der Waals surface area (Å²) >= 11 is 0. The van der Waals surface area contributed by atoms with Gasteiger partial charge < -0.3 is 0 Å². The molecule has 0 saturated heterocycles. The van der Waals surface area contributed by atoms with Gasteiger partial charge in [-0.05, 0) is 6.07 Å². The number of hydrogen-bond donors (Lipinski definition) is 0. The van der Waals surface area contributed by atoms with Crippen molar-refractivity contribution in [2.75, 3.05) is 0 Å². The average molecular weight is 214 g/mol. The second-order valence-corrected chi connectivity index (χ2v) is 2.69. The van der Waals surface area contributed by atoms with Crippen LogP contribution in [0.2, 0.25) is 0 Å². The molecule has 0 N–H and O–H groups in total. The molecule has 7 heteroatoms. The molecule has 0 aliphatic rings. The van der Waals surface area contributed by atoms with Gasteiger partial charge in [0.05, 0.1) is 12.4 Å². The monoisotopic (exact) mass is 214 g/mol. The van der Waals surface area contributed by atoms with Crippen molar-refractivity contribution in [1.29, 1.82) is 0 Å². The lowest BCUT2D eigenvalue weighted by molar-refractivity contribution is -0.142. The Hall–Kier alpha value is -1.92. The van der Waals surface area contributed by atoms with Crippen molar-refractivity contribution >= 4 is 0 Å². The first kappa shape index (κ1) is 9.63. The van der Waals surface area contributed by atoms with Gasteiger partial charge in [-0.3, -0.25) is 4.98 Å². The fourth-order valence-electron chi connectivity index (χ4n) is 1.10. The summed E-state index contributed by atoms with van der Waals surface area (Å²) in [5, 5.41) is 3.55. The molecule has 0 spiro atoms. The largest absolute Gasteiger partial charge is 0.433 e. The SMILES string of the molecule is FC(F)(F)c1ccnn1-c1cnccn1. The van der Waals surface area contributed by atoms with Gasteiger partial charge in [0.15, 0.2) is 5.82 Å². The molecule has 0 atom stereocenters. The van der Waals surface area contributed by atoms with Crippen molar-refractivity contribution in [2.24, 2.45) is 0 Å². The van der Waals surface area contributed by atoms with Gasteiger partial charge in [0, 0.05) is 12.4 Å². The first-order valence-electron chi connectivity index (χ1n) is 3.96. The third kappa shape index (κ3) is 1.80. The molecule has 0 unspecified atom stereocenters. The van der Waals surface area contributed by atoms with E-state index in [2.05, 4.69) is 15.1 Å². The van der Waals surface area contributed by atoms with E-state index in [1.54, 1.807) is 0 Å². The summed E-state index contributed by atoms with van der Waals surface area (Å²) in [4.78, 5) is 7.41. The molecule has 4 nitrogen and oxygen atoms in total. The minimum atomic E-state index is -4.45. The fraction of sp³-hybridized carbons (Fsp3) is 0.125. The maximum Gasteiger partial charge on any atom is 0.433 e. The van der Waals surface area contributed by atoms with E-state index in [0.717, 1.165) is 12.3 Å². The molecule has 2 aromatic rings. The number of nitrogens with zero attached hydrogens (tertiary/aromatic N) is 4. The zero-order valence-electron chi connectivity index (χ0n) is 7.31. The van der Waals surface area contributed by atoms with Crippen LogP contribution in [0.4, 0.5) is 13.2 Å². The molecule has 0 amide bonds. The lowest BCUT2D eigenvalue weighted by atomic mass is 10.4. The van der Waals surface area contributed by atoms with Gasteiger partial charge in [-0.1, -0.05) is 0 Å². The molecule has 78 valence electrons. The highest BCUT2D eigenvalue weighted by Gasteiger charge is 2.35. The molecule has 0 saturated carbocycles. The highest BCUT2D eigenvalue weighted by Crippen LogP contribution is 2.29. The Morgan fingerprint density at radius 1 is 1.13 bits per heavy atom. The summed E-state index contributed by atoms with van der Waals surface area (Å²) in [5.74, 6) is 0.0369. The van der Waals surface area contributed by atoms with Gasteiger partial charge in [-0.15, -0.1) is 0 Å². The number of halogens is 3. The molecule has 0 bridgehead atoms. The second kappa shape index (κ2) is 3.34. The van der Waals surface area contributed by atoms with Crippen LogP contribution in [0.15, 0.2) is 30.9 Å². The Morgan fingerprint density at radius 3 is 2.53 bits per heavy atom. The third-order valence-electron chi connectivity index (χ3n) is 1.70. The lowest BCUT2D eigenvalue weighted by Crippen LogP contribution is -2.14. The van der Waals surface area contributed by atoms with Crippen molar-refractivity contribution in [3.8, 4) is 5.82 Å². The molecule has 0 aromatic carbocycles. The Morgan fingerprint density at radius 2 is 1.93 bits per heavy atom. The van der Waals surface area contributed by atoms with E-state index in [1.807, 2.05) is 0 Å². The minimum Gasteiger partial charge on any atom is -0.259 e. The smallest absolute Gasteiger partial charge is 0.259 e. The Labute approximate surface area is 82.4 Å². The molecule has 2 heterocycles. The van der Waals surface area contributed by atoms with Gasteiger partial charge in [0.1, 0.15) is 5.69 Å². The summed E-state index contributed by atoms with van der Waals surface area (Å²) in [6.07, 6.45) is 0.505. The highest BCUT2D eigenvalue weighted by molar-refractivity contribution is 5.21. The van der Waals surface area contributed by atoms with Crippen LogP contribution in [0.1, 0.15) is 5.69 Å². The van der Waals surface area contributed by atoms with Crippen LogP contribution in [0, 0.1) is 0 Å². The van der Waals surface area contributed by atoms with Crippen molar-refractivity contribution in [3.63, 3.8) is 0 Å². The van der Waals surface area contributed by atoms with Crippen LogP contribution in [-0.4, -0.2) is 19.7 Å². The summed E-state index contributed by atoms with van der Waals surface area (Å²) in [6.45, 7) is 0. The third-order valence-corrected chi connectivity index (χ3v) is 1.70. The van der Waals surface area contributed by atoms with Crippen molar-refractivity contribution < 1.29 is 13.2 Å². The van der Waals surface area contributed by atoms with Crippen molar-refractivity contribution in [1.82, 2.24) is 19.7 Å². The number of hydrogen-bond acceptors (Lipinski definition) is 3. The van der Waals surface area contributed by atoms with Crippen LogP contribution in [0.25, 0.3) is 5.82 Å². The Balaban J connectivity index is 2.51. The summed E-state index contributed by atoms with van der Waals surface area (Å²) in [6, 6.07) is 0.884. The van der Waals surface area contributed by atoms with E-state index in [1.165, 1.54) is 18.6 Å². The molecule has 0 aliphatic heterocycles. The summed E-state index contributed by atoms with van der Waals surface area (Å²) in [7, 11) is 0. The van der Waals surface area contributed by atoms with E-state index in [9.17, 15) is 13.2 Å². The van der Waals surface area contributed by atoms with E-state index >= 15 is 0 Å². The predicted octanol–water partition coefficient (Wildman–Crippen LogP) is 1.68. The number of aromatic nitrogens is 4. The summed E-state index contributed by atoms with van der Waals surface area (Å²) < 4.78 is 38.1. The normalized spacial score (nSPS) is 11.7. The molecule has 2 aromatic heterocycles. The van der Waals surface area contributed by atoms with E-state index in [-0.39, 0.29) is 5.82 Å². The standard InChI is InChI=1S/C8H5F3N4/c9-8(10,11)6-1-2-14-15(6)7-5-12-3-4-13-7/h1-5H. The first-order chi connectivity index (χ1) is 7.09. The van der Waals surface area contributed by atoms with E-state index in [4.69, 9.17) is 0 Å². The zero-order valence-corrected chi connectivity index (χ0v) is 7.31. The molecular weight excluding hydrogens is 209 g/mol. The van der Waals surface area contributed by atoms with E-state index in [0.29, 0.717) is 4.68 Å². The van der Waals surface area contributed by atoms with E-state index < -0.39 is 11.9 Å². The maximum absolute atomic E-state index is 12.5. The zero-order chi connectivity index (χ0) is 10.9. The van der Waals surface area contributed by atoms with Crippen molar-refractivity contribution in [3.05, 3.63) is 36.5 Å². The van der Waals surface area contributed by atoms with Gasteiger partial charge in [-0.2, -0.15) is 18.3 Å². The Bertz CT molecular complexity index is 448.